The molecular formula is C21H22O3S. The molecule has 0 heterocycles. The van der Waals surface area contributed by atoms with Gasteiger partial charge in [-0.2, -0.15) is 0 Å². The van der Waals surface area contributed by atoms with Crippen LogP contribution in [-0.2, 0) is 4.18 Å². The second-order valence-electron chi connectivity index (χ2n) is 5.97. The van der Waals surface area contributed by atoms with Gasteiger partial charge in [0.1, 0.15) is 10.9 Å². The molecule has 130 valence electrons. The number of benzene rings is 3. The van der Waals surface area contributed by atoms with Crippen molar-refractivity contribution in [1.29, 1.82) is 0 Å². The molecule has 0 amide bonds. The van der Waals surface area contributed by atoms with Gasteiger partial charge in [-0.05, 0) is 30.2 Å². The molecule has 0 spiro atoms. The van der Waals surface area contributed by atoms with Gasteiger partial charge in [-0.15, -0.1) is 0 Å². The second kappa shape index (κ2) is 7.85. The van der Waals surface area contributed by atoms with Crippen LogP contribution in [0.15, 0.2) is 89.8 Å². The summed E-state index contributed by atoms with van der Waals surface area (Å²) >= 11 is 0. The Morgan fingerprint density at radius 3 is 1.72 bits per heavy atom. The van der Waals surface area contributed by atoms with Crippen LogP contribution in [0.4, 0.5) is 0 Å². The molecule has 0 atom stereocenters. The van der Waals surface area contributed by atoms with Crippen molar-refractivity contribution in [3.05, 3.63) is 102 Å². The van der Waals surface area contributed by atoms with Gasteiger partial charge in [-0.25, -0.2) is 0 Å². The predicted octanol–water partition coefficient (Wildman–Crippen LogP) is 5.87. The first kappa shape index (κ1) is 17.7. The highest BCUT2D eigenvalue weighted by atomic mass is 32.3. The predicted molar refractivity (Wildman–Crippen MR) is 103 cm³/mol. The third-order valence-electron chi connectivity index (χ3n) is 4.13. The molecule has 0 aliphatic carbocycles. The lowest BCUT2D eigenvalue weighted by molar-refractivity contribution is 0.254. The van der Waals surface area contributed by atoms with E-state index in [2.05, 4.69) is 0 Å². The monoisotopic (exact) mass is 354 g/mol. The Labute approximate surface area is 150 Å². The van der Waals surface area contributed by atoms with E-state index in [9.17, 15) is 9.11 Å². The number of aryl methyl sites for hydroxylation is 1. The van der Waals surface area contributed by atoms with Crippen molar-refractivity contribution in [2.45, 2.75) is 17.7 Å². The van der Waals surface area contributed by atoms with Crippen molar-refractivity contribution >= 4 is 10.9 Å². The lowest BCUT2D eigenvalue weighted by Crippen LogP contribution is -2.13. The molecule has 4 heteroatoms. The van der Waals surface area contributed by atoms with Crippen molar-refractivity contribution in [2.75, 3.05) is 6.61 Å². The Balaban J connectivity index is 1.82. The smallest absolute Gasteiger partial charge is 0.115 e. The minimum Gasteiger partial charge on any atom is -0.304 e. The molecule has 0 saturated heterocycles. The molecule has 0 radical (unpaired) electrons. The summed E-state index contributed by atoms with van der Waals surface area (Å²) in [6.45, 7) is 2.14. The molecule has 3 nitrogen and oxygen atoms in total. The van der Waals surface area contributed by atoms with E-state index in [0.29, 0.717) is 4.90 Å². The molecule has 2 N–H and O–H groups in total. The van der Waals surface area contributed by atoms with Crippen LogP contribution >= 0.6 is 10.9 Å². The average Bonchev–Trinajstić information content (AvgIpc) is 2.64. The van der Waals surface area contributed by atoms with Gasteiger partial charge in [0.2, 0.25) is 0 Å². The molecule has 0 aliphatic heterocycles. The first-order chi connectivity index (χ1) is 12.1. The Morgan fingerprint density at radius 2 is 1.24 bits per heavy atom. The topological polar surface area (TPSA) is 49.7 Å². The minimum absolute atomic E-state index is 0.0703. The van der Waals surface area contributed by atoms with Crippen LogP contribution in [0, 0.1) is 6.92 Å². The van der Waals surface area contributed by atoms with Gasteiger partial charge in [0.05, 0.1) is 11.5 Å². The third-order valence-corrected chi connectivity index (χ3v) is 5.48. The molecule has 0 unspecified atom stereocenters. The summed E-state index contributed by atoms with van der Waals surface area (Å²) in [5.74, 6) is -0.0703. The Bertz CT molecular complexity index is 747. The zero-order chi connectivity index (χ0) is 17.7. The molecule has 25 heavy (non-hydrogen) atoms. The number of hydrogen-bond donors (Lipinski definition) is 2. The lowest BCUT2D eigenvalue weighted by atomic mass is 9.92. The SMILES string of the molecule is Cc1ccc(S(O)(O)OCC(c2ccccc2)c2ccccc2)cc1. The van der Waals surface area contributed by atoms with E-state index in [-0.39, 0.29) is 12.5 Å². The fourth-order valence-corrected chi connectivity index (χ4v) is 3.65. The molecule has 3 aromatic rings. The summed E-state index contributed by atoms with van der Waals surface area (Å²) < 4.78 is 26.5. The van der Waals surface area contributed by atoms with Crippen molar-refractivity contribution in [1.82, 2.24) is 0 Å². The van der Waals surface area contributed by atoms with Gasteiger partial charge in [-0.1, -0.05) is 78.4 Å². The summed E-state index contributed by atoms with van der Waals surface area (Å²) in [4.78, 5) is 0.401. The molecule has 0 saturated carbocycles. The van der Waals surface area contributed by atoms with Crippen LogP contribution in [0.3, 0.4) is 0 Å². The normalized spacial score (nSPS) is 12.3. The van der Waals surface area contributed by atoms with Crippen LogP contribution in [-0.4, -0.2) is 15.7 Å². The van der Waals surface area contributed by atoms with E-state index < -0.39 is 10.9 Å². The second-order valence-corrected chi connectivity index (χ2v) is 7.67. The summed E-state index contributed by atoms with van der Waals surface area (Å²) in [5, 5.41) is 0. The van der Waals surface area contributed by atoms with Crippen LogP contribution in [0.25, 0.3) is 0 Å². The lowest BCUT2D eigenvalue weighted by Gasteiger charge is -2.29. The van der Waals surface area contributed by atoms with Gasteiger partial charge in [0.15, 0.2) is 0 Å². The summed E-state index contributed by atoms with van der Waals surface area (Å²) in [6.07, 6.45) is 0. The van der Waals surface area contributed by atoms with E-state index in [0.717, 1.165) is 16.7 Å². The third kappa shape index (κ3) is 4.50. The van der Waals surface area contributed by atoms with Crippen molar-refractivity contribution in [2.24, 2.45) is 0 Å². The maximum atomic E-state index is 10.4. The summed E-state index contributed by atoms with van der Waals surface area (Å²) in [7, 11) is -3.29. The maximum Gasteiger partial charge on any atom is 0.115 e. The van der Waals surface area contributed by atoms with E-state index in [1.54, 1.807) is 12.1 Å². The van der Waals surface area contributed by atoms with Gasteiger partial charge < -0.3 is 9.11 Å². The number of rotatable bonds is 6. The standard InChI is InChI=1S/C21H22O3S/c1-17-12-14-20(15-13-17)25(22,23)24-16-21(18-8-4-2-5-9-18)19-10-6-3-7-11-19/h2-15,21-23H,16H2,1H3. The van der Waals surface area contributed by atoms with Crippen molar-refractivity contribution in [3.8, 4) is 0 Å². The molecule has 0 aliphatic rings. The van der Waals surface area contributed by atoms with Gasteiger partial charge in [0.25, 0.3) is 0 Å². The molecule has 0 aromatic heterocycles. The quantitative estimate of drug-likeness (QED) is 0.582. The first-order valence-corrected chi connectivity index (χ1v) is 9.62. The molecule has 3 aromatic carbocycles. The Hall–Kier alpha value is -2.11. The maximum absolute atomic E-state index is 10.4. The van der Waals surface area contributed by atoms with Gasteiger partial charge >= 0.3 is 0 Å². The summed E-state index contributed by atoms with van der Waals surface area (Å²) in [5.41, 5.74) is 3.21. The van der Waals surface area contributed by atoms with Gasteiger partial charge in [-0.3, -0.25) is 4.18 Å². The van der Waals surface area contributed by atoms with Crippen LogP contribution in [0.2, 0.25) is 0 Å². The highest BCUT2D eigenvalue weighted by Crippen LogP contribution is 2.50. The fraction of sp³-hybridized carbons (Fsp3) is 0.143. The molecule has 0 bridgehead atoms. The van der Waals surface area contributed by atoms with Crippen molar-refractivity contribution in [3.63, 3.8) is 0 Å². The highest BCUT2D eigenvalue weighted by molar-refractivity contribution is 8.20. The van der Waals surface area contributed by atoms with Gasteiger partial charge in [0, 0.05) is 5.92 Å². The Morgan fingerprint density at radius 1 is 0.760 bits per heavy atom. The molecule has 0 fully saturated rings. The highest BCUT2D eigenvalue weighted by Gasteiger charge is 2.24. The first-order valence-electron chi connectivity index (χ1n) is 8.15. The van der Waals surface area contributed by atoms with E-state index in [1.807, 2.05) is 79.7 Å². The summed E-state index contributed by atoms with van der Waals surface area (Å²) in [6, 6.07) is 27.0. The average molecular weight is 354 g/mol. The van der Waals surface area contributed by atoms with Crippen LogP contribution < -0.4 is 0 Å². The zero-order valence-corrected chi connectivity index (χ0v) is 14.9. The Kier molecular flexibility index (Phi) is 5.56. The minimum atomic E-state index is -3.29. The van der Waals surface area contributed by atoms with E-state index in [4.69, 9.17) is 4.18 Å². The largest absolute Gasteiger partial charge is 0.304 e. The zero-order valence-electron chi connectivity index (χ0n) is 14.1. The van der Waals surface area contributed by atoms with Crippen LogP contribution in [0.5, 0.6) is 0 Å². The number of hydrogen-bond acceptors (Lipinski definition) is 3. The fourth-order valence-electron chi connectivity index (χ4n) is 2.70. The molecular weight excluding hydrogens is 332 g/mol. The van der Waals surface area contributed by atoms with Crippen molar-refractivity contribution < 1.29 is 13.3 Å². The molecule has 3 rings (SSSR count). The van der Waals surface area contributed by atoms with E-state index in [1.165, 1.54) is 0 Å². The van der Waals surface area contributed by atoms with Crippen LogP contribution in [0.1, 0.15) is 22.6 Å². The van der Waals surface area contributed by atoms with E-state index >= 15 is 0 Å².